The molecule has 0 saturated heterocycles. The molecule has 21 heavy (non-hydrogen) atoms. The molecule has 1 aromatic carbocycles. The van der Waals surface area contributed by atoms with Crippen molar-refractivity contribution in [3.05, 3.63) is 41.2 Å². The third-order valence-corrected chi connectivity index (χ3v) is 3.13. The predicted octanol–water partition coefficient (Wildman–Crippen LogP) is -0.0107. The van der Waals surface area contributed by atoms with Crippen molar-refractivity contribution >= 4 is 17.6 Å². The molecule has 2 aliphatic rings. The third kappa shape index (κ3) is 2.25. The molecular weight excluding hydrogens is 272 g/mol. The summed E-state index contributed by atoms with van der Waals surface area (Å²) in [6, 6.07) is 7.12. The van der Waals surface area contributed by atoms with E-state index in [9.17, 15) is 4.79 Å². The summed E-state index contributed by atoms with van der Waals surface area (Å²) in [5, 5.41) is 3.43. The molecule has 0 amide bonds. The van der Waals surface area contributed by atoms with E-state index in [0.717, 1.165) is 11.3 Å². The number of nitrogens with two attached hydrogens (primary N) is 1. The van der Waals surface area contributed by atoms with E-state index < -0.39 is 0 Å². The number of nitrogens with one attached hydrogen (secondary N) is 2. The lowest BCUT2D eigenvalue weighted by molar-refractivity contribution is 0.00813. The minimum atomic E-state index is -0.329. The highest BCUT2D eigenvalue weighted by molar-refractivity contribution is 5.90. The van der Waals surface area contributed by atoms with E-state index >= 15 is 0 Å². The summed E-state index contributed by atoms with van der Waals surface area (Å²) in [6.07, 6.45) is 0. The Balaban J connectivity index is 1.89. The van der Waals surface area contributed by atoms with Crippen LogP contribution in [0.4, 0.5) is 0 Å². The van der Waals surface area contributed by atoms with Crippen LogP contribution in [-0.4, -0.2) is 35.8 Å². The van der Waals surface area contributed by atoms with Crippen molar-refractivity contribution < 1.29 is 9.53 Å². The first kappa shape index (κ1) is 13.3. The molecule has 2 aliphatic heterocycles. The molecular formula is C13H16N6O2. The van der Waals surface area contributed by atoms with Crippen LogP contribution in [0, 0.1) is 0 Å². The van der Waals surface area contributed by atoms with Crippen LogP contribution in [0.5, 0.6) is 0 Å². The Hall–Kier alpha value is -2.74. The highest BCUT2D eigenvalue weighted by Crippen LogP contribution is 2.27. The summed E-state index contributed by atoms with van der Waals surface area (Å²) in [7, 11) is 1.83. The largest absolute Gasteiger partial charge is 0.462 e. The zero-order chi connectivity index (χ0) is 15.0. The summed E-state index contributed by atoms with van der Waals surface area (Å²) in [5.41, 5.74) is 14.0. The quantitative estimate of drug-likeness (QED) is 0.673. The molecule has 110 valence electrons. The van der Waals surface area contributed by atoms with Crippen molar-refractivity contribution in [3.63, 3.8) is 0 Å². The van der Waals surface area contributed by atoms with Crippen LogP contribution >= 0.6 is 0 Å². The monoisotopic (exact) mass is 288 g/mol. The van der Waals surface area contributed by atoms with E-state index in [1.807, 2.05) is 19.2 Å². The lowest BCUT2D eigenvalue weighted by Crippen LogP contribution is -2.49. The van der Waals surface area contributed by atoms with Gasteiger partial charge in [0.05, 0.1) is 12.2 Å². The summed E-state index contributed by atoms with van der Waals surface area (Å²) in [4.78, 5) is 15.9. The highest BCUT2D eigenvalue weighted by Gasteiger charge is 2.32. The minimum absolute atomic E-state index is 0.329. The van der Waals surface area contributed by atoms with Crippen LogP contribution in [0.2, 0.25) is 0 Å². The number of rotatable bonds is 3. The number of carbonyl (C=O) groups excluding carboxylic acids is 1. The number of esters is 1. The van der Waals surface area contributed by atoms with Crippen molar-refractivity contribution in [3.8, 4) is 0 Å². The number of nitrogens with zero attached hydrogens (tertiary/aromatic N) is 3. The SMILES string of the molecule is CCOC(=O)c1ccc(C2=C3N=C(N)NN3N(C)N2)cc1. The fourth-order valence-electron chi connectivity index (χ4n) is 2.17. The van der Waals surface area contributed by atoms with E-state index in [1.165, 1.54) is 0 Å². The molecule has 0 radical (unpaired) electrons. The normalized spacial score (nSPS) is 17.2. The Kier molecular flexibility index (Phi) is 3.15. The molecule has 0 saturated carbocycles. The summed E-state index contributed by atoms with van der Waals surface area (Å²) in [6.45, 7) is 2.14. The second kappa shape index (κ2) is 4.98. The van der Waals surface area contributed by atoms with Gasteiger partial charge >= 0.3 is 5.97 Å². The first-order valence-corrected chi connectivity index (χ1v) is 6.53. The Bertz CT molecular complexity index is 637. The van der Waals surface area contributed by atoms with E-state index in [2.05, 4.69) is 15.8 Å². The van der Waals surface area contributed by atoms with Gasteiger partial charge < -0.3 is 10.5 Å². The van der Waals surface area contributed by atoms with Crippen LogP contribution in [0.1, 0.15) is 22.8 Å². The lowest BCUT2D eigenvalue weighted by atomic mass is 10.1. The van der Waals surface area contributed by atoms with E-state index in [1.54, 1.807) is 29.3 Å². The van der Waals surface area contributed by atoms with Gasteiger partial charge in [0.2, 0.25) is 5.96 Å². The fourth-order valence-corrected chi connectivity index (χ4v) is 2.17. The molecule has 3 rings (SSSR count). The van der Waals surface area contributed by atoms with Crippen LogP contribution in [0.15, 0.2) is 35.1 Å². The zero-order valence-electron chi connectivity index (χ0n) is 11.8. The first-order chi connectivity index (χ1) is 10.1. The van der Waals surface area contributed by atoms with E-state index in [4.69, 9.17) is 10.5 Å². The molecule has 2 heterocycles. The number of guanidine groups is 1. The number of hydrazine groups is 3. The number of ether oxygens (including phenoxy) is 1. The topological polar surface area (TPSA) is 95.2 Å². The maximum atomic E-state index is 11.6. The smallest absolute Gasteiger partial charge is 0.338 e. The number of hydrogen-bond donors (Lipinski definition) is 3. The number of aliphatic imine (C=N–C) groups is 1. The minimum Gasteiger partial charge on any atom is -0.462 e. The number of hydrogen-bond acceptors (Lipinski definition) is 8. The number of benzene rings is 1. The standard InChI is InChI=1S/C13H16N6O2/c1-3-21-12(20)9-6-4-8(5-7-9)10-11-15-13(14)17-19(11)18(2)16-10/h4-7,16H,3H2,1-2H3,(H3,14,15,17). The van der Waals surface area contributed by atoms with E-state index in [-0.39, 0.29) is 5.97 Å². The Morgan fingerprint density at radius 3 is 2.71 bits per heavy atom. The van der Waals surface area contributed by atoms with Crippen molar-refractivity contribution in [2.75, 3.05) is 13.7 Å². The Morgan fingerprint density at radius 2 is 2.05 bits per heavy atom. The van der Waals surface area contributed by atoms with Gasteiger partial charge in [0.25, 0.3) is 0 Å². The van der Waals surface area contributed by atoms with Crippen molar-refractivity contribution in [2.45, 2.75) is 6.92 Å². The molecule has 1 aromatic rings. The Morgan fingerprint density at radius 1 is 1.33 bits per heavy atom. The third-order valence-electron chi connectivity index (χ3n) is 3.13. The van der Waals surface area contributed by atoms with Gasteiger partial charge in [0.15, 0.2) is 5.82 Å². The van der Waals surface area contributed by atoms with Crippen molar-refractivity contribution in [1.82, 2.24) is 21.1 Å². The number of carbonyl (C=O) groups is 1. The van der Waals surface area contributed by atoms with Crippen molar-refractivity contribution in [2.24, 2.45) is 10.7 Å². The molecule has 0 aliphatic carbocycles. The molecule has 0 bridgehead atoms. The molecule has 8 heteroatoms. The molecule has 0 unspecified atom stereocenters. The van der Waals surface area contributed by atoms with E-state index in [0.29, 0.717) is 24.0 Å². The predicted molar refractivity (Wildman–Crippen MR) is 76.8 cm³/mol. The van der Waals surface area contributed by atoms with Gasteiger partial charge in [-0.05, 0) is 19.1 Å². The van der Waals surface area contributed by atoms with Crippen LogP contribution < -0.4 is 16.6 Å². The second-order valence-corrected chi connectivity index (χ2v) is 4.55. The Labute approximate surface area is 121 Å². The van der Waals surface area contributed by atoms with Gasteiger partial charge in [0.1, 0.15) is 5.70 Å². The molecule has 0 fully saturated rings. The van der Waals surface area contributed by atoms with Crippen molar-refractivity contribution in [1.29, 1.82) is 0 Å². The molecule has 4 N–H and O–H groups in total. The zero-order valence-corrected chi connectivity index (χ0v) is 11.8. The lowest BCUT2D eigenvalue weighted by Gasteiger charge is -2.21. The van der Waals surface area contributed by atoms with Crippen LogP contribution in [0.3, 0.4) is 0 Å². The fraction of sp³-hybridized carbons (Fsp3) is 0.231. The second-order valence-electron chi connectivity index (χ2n) is 4.55. The number of fused-ring (bicyclic) bond motifs is 1. The molecule has 8 nitrogen and oxygen atoms in total. The van der Waals surface area contributed by atoms with Gasteiger partial charge in [-0.3, -0.25) is 5.43 Å². The molecule has 0 atom stereocenters. The maximum absolute atomic E-state index is 11.6. The maximum Gasteiger partial charge on any atom is 0.338 e. The van der Waals surface area contributed by atoms with Gasteiger partial charge in [-0.15, -0.1) is 5.12 Å². The van der Waals surface area contributed by atoms with Gasteiger partial charge in [-0.1, -0.05) is 12.1 Å². The average Bonchev–Trinajstić information content (AvgIpc) is 2.99. The van der Waals surface area contributed by atoms with Crippen LogP contribution in [0.25, 0.3) is 5.70 Å². The molecule has 0 aromatic heterocycles. The average molecular weight is 288 g/mol. The molecule has 0 spiro atoms. The van der Waals surface area contributed by atoms with Crippen LogP contribution in [-0.2, 0) is 4.74 Å². The first-order valence-electron chi connectivity index (χ1n) is 6.53. The summed E-state index contributed by atoms with van der Waals surface area (Å²) in [5.74, 6) is 0.683. The highest BCUT2D eigenvalue weighted by atomic mass is 16.5. The summed E-state index contributed by atoms with van der Waals surface area (Å²) < 4.78 is 4.96. The van der Waals surface area contributed by atoms with Gasteiger partial charge in [-0.2, -0.15) is 10.1 Å². The summed E-state index contributed by atoms with van der Waals surface area (Å²) >= 11 is 0. The van der Waals surface area contributed by atoms with Gasteiger partial charge in [0, 0.05) is 12.6 Å². The van der Waals surface area contributed by atoms with Gasteiger partial charge in [-0.25, -0.2) is 10.2 Å².